The van der Waals surface area contributed by atoms with Crippen LogP contribution in [0.1, 0.15) is 5.56 Å². The van der Waals surface area contributed by atoms with E-state index in [1.165, 1.54) is 6.07 Å². The number of hydrogen-bond acceptors (Lipinski definition) is 3. The first-order chi connectivity index (χ1) is 6.54. The summed E-state index contributed by atoms with van der Waals surface area (Å²) >= 11 is 2.85. The van der Waals surface area contributed by atoms with Crippen molar-refractivity contribution in [1.82, 2.24) is 0 Å². The van der Waals surface area contributed by atoms with Crippen molar-refractivity contribution in [1.29, 1.82) is 5.26 Å². The third kappa shape index (κ3) is 2.20. The van der Waals surface area contributed by atoms with Crippen LogP contribution in [-0.4, -0.2) is 6.09 Å². The molecule has 72 valence electrons. The average molecular weight is 259 g/mol. The summed E-state index contributed by atoms with van der Waals surface area (Å²) in [6.07, 6.45) is -1.07. The van der Waals surface area contributed by atoms with E-state index in [0.29, 0.717) is 0 Å². The lowest BCUT2D eigenvalue weighted by Gasteiger charge is -2.04. The summed E-state index contributed by atoms with van der Waals surface area (Å²) in [5.74, 6) is -0.811. The molecule has 0 spiro atoms. The number of nitrogens with two attached hydrogens (primary N) is 1. The zero-order chi connectivity index (χ0) is 10.7. The van der Waals surface area contributed by atoms with Crippen molar-refractivity contribution in [2.75, 3.05) is 0 Å². The number of nitrogens with zero attached hydrogens (tertiary/aromatic N) is 1. The quantitative estimate of drug-likeness (QED) is 0.836. The average Bonchev–Trinajstić information content (AvgIpc) is 2.11. The highest BCUT2D eigenvalue weighted by Crippen LogP contribution is 2.29. The van der Waals surface area contributed by atoms with Crippen molar-refractivity contribution in [2.45, 2.75) is 0 Å². The van der Waals surface area contributed by atoms with E-state index in [2.05, 4.69) is 20.7 Å². The molecule has 0 saturated heterocycles. The predicted molar refractivity (Wildman–Crippen MR) is 49.0 cm³/mol. The molecule has 14 heavy (non-hydrogen) atoms. The van der Waals surface area contributed by atoms with Crippen LogP contribution in [0.2, 0.25) is 0 Å². The number of carbonyl (C=O) groups excluding carboxylic acids is 1. The molecule has 0 saturated carbocycles. The molecule has 2 N–H and O–H groups in total. The minimum absolute atomic E-state index is 0.0435. The molecule has 0 aliphatic heterocycles. The molecule has 1 rings (SSSR count). The van der Waals surface area contributed by atoms with E-state index in [1.807, 2.05) is 0 Å². The Morgan fingerprint density at radius 2 is 2.29 bits per heavy atom. The highest BCUT2D eigenvalue weighted by Gasteiger charge is 2.11. The van der Waals surface area contributed by atoms with Gasteiger partial charge in [-0.25, -0.2) is 9.18 Å². The standard InChI is InChI=1S/C8H4BrFN2O2/c9-7-5(10)1-4(3-11)2-6(7)14-8(12)13/h1-2H,(H2,12,13). The van der Waals surface area contributed by atoms with Gasteiger partial charge >= 0.3 is 6.09 Å². The minimum atomic E-state index is -1.07. The summed E-state index contributed by atoms with van der Waals surface area (Å²) in [4.78, 5) is 10.4. The molecule has 0 aliphatic carbocycles. The van der Waals surface area contributed by atoms with Gasteiger partial charge in [0.05, 0.1) is 16.1 Å². The van der Waals surface area contributed by atoms with Gasteiger partial charge in [0.1, 0.15) is 5.82 Å². The number of ether oxygens (including phenoxy) is 1. The molecule has 0 aromatic heterocycles. The van der Waals surface area contributed by atoms with Gasteiger partial charge in [0.2, 0.25) is 0 Å². The van der Waals surface area contributed by atoms with Crippen molar-refractivity contribution in [3.05, 3.63) is 28.0 Å². The van der Waals surface area contributed by atoms with Gasteiger partial charge in [-0.05, 0) is 22.0 Å². The van der Waals surface area contributed by atoms with E-state index in [1.54, 1.807) is 6.07 Å². The Hall–Kier alpha value is -1.61. The van der Waals surface area contributed by atoms with Crippen molar-refractivity contribution >= 4 is 22.0 Å². The first-order valence-electron chi connectivity index (χ1n) is 3.41. The largest absolute Gasteiger partial charge is 0.410 e. The van der Waals surface area contributed by atoms with E-state index in [-0.39, 0.29) is 15.8 Å². The minimum Gasteiger partial charge on any atom is -0.409 e. The van der Waals surface area contributed by atoms with Gasteiger partial charge in [0.15, 0.2) is 5.75 Å². The SMILES string of the molecule is N#Cc1cc(F)c(Br)c(OC(N)=O)c1. The van der Waals surface area contributed by atoms with Crippen LogP contribution in [0, 0.1) is 17.1 Å². The van der Waals surface area contributed by atoms with E-state index < -0.39 is 11.9 Å². The number of benzene rings is 1. The second-order valence-corrected chi connectivity index (χ2v) is 3.10. The van der Waals surface area contributed by atoms with Gasteiger partial charge in [0.25, 0.3) is 0 Å². The van der Waals surface area contributed by atoms with Crippen LogP contribution in [0.15, 0.2) is 16.6 Å². The van der Waals surface area contributed by atoms with E-state index in [4.69, 9.17) is 11.0 Å². The maximum Gasteiger partial charge on any atom is 0.410 e. The Kier molecular flexibility index (Phi) is 3.04. The number of nitriles is 1. The first kappa shape index (κ1) is 10.5. The summed E-state index contributed by atoms with van der Waals surface area (Å²) in [5, 5.41) is 8.51. The molecule has 1 amide bonds. The lowest BCUT2D eigenvalue weighted by Crippen LogP contribution is -2.16. The number of hydrogen-bond donors (Lipinski definition) is 1. The number of halogens is 2. The zero-order valence-electron chi connectivity index (χ0n) is 6.75. The molecule has 6 heteroatoms. The van der Waals surface area contributed by atoms with Crippen LogP contribution >= 0.6 is 15.9 Å². The number of primary amides is 1. The summed E-state index contributed by atoms with van der Waals surface area (Å²) in [7, 11) is 0. The molecule has 1 aromatic carbocycles. The van der Waals surface area contributed by atoms with E-state index in [9.17, 15) is 9.18 Å². The maximum absolute atomic E-state index is 13.0. The third-order valence-corrected chi connectivity index (χ3v) is 2.10. The molecule has 0 unspecified atom stereocenters. The van der Waals surface area contributed by atoms with Gasteiger partial charge < -0.3 is 10.5 Å². The molecule has 0 radical (unpaired) electrons. The molecule has 4 nitrogen and oxygen atoms in total. The van der Waals surface area contributed by atoms with Gasteiger partial charge in [0, 0.05) is 6.07 Å². The summed E-state index contributed by atoms with van der Waals surface area (Å²) < 4.78 is 17.5. The van der Waals surface area contributed by atoms with Gasteiger partial charge in [-0.15, -0.1) is 0 Å². The second-order valence-electron chi connectivity index (χ2n) is 2.30. The van der Waals surface area contributed by atoms with Crippen LogP contribution in [0.25, 0.3) is 0 Å². The van der Waals surface area contributed by atoms with Crippen LogP contribution in [0.3, 0.4) is 0 Å². The molecule has 0 fully saturated rings. The van der Waals surface area contributed by atoms with E-state index in [0.717, 1.165) is 6.07 Å². The molecule has 0 aliphatic rings. The lowest BCUT2D eigenvalue weighted by atomic mass is 10.2. The molecule has 0 bridgehead atoms. The van der Waals surface area contributed by atoms with Crippen molar-refractivity contribution < 1.29 is 13.9 Å². The van der Waals surface area contributed by atoms with Crippen molar-refractivity contribution in [3.8, 4) is 11.8 Å². The molecular weight excluding hydrogens is 255 g/mol. The summed E-state index contributed by atoms with van der Waals surface area (Å²) in [6.45, 7) is 0. The zero-order valence-corrected chi connectivity index (χ0v) is 8.34. The van der Waals surface area contributed by atoms with Gasteiger partial charge in [-0.1, -0.05) is 0 Å². The first-order valence-corrected chi connectivity index (χ1v) is 4.20. The Balaban J connectivity index is 3.21. The molecule has 1 aromatic rings. The fourth-order valence-corrected chi connectivity index (χ4v) is 1.12. The number of rotatable bonds is 1. The lowest BCUT2D eigenvalue weighted by molar-refractivity contribution is 0.210. The monoisotopic (exact) mass is 258 g/mol. The van der Waals surface area contributed by atoms with Crippen LogP contribution < -0.4 is 10.5 Å². The third-order valence-electron chi connectivity index (χ3n) is 1.33. The Morgan fingerprint density at radius 1 is 1.64 bits per heavy atom. The Labute approximate surface area is 87.2 Å². The highest BCUT2D eigenvalue weighted by molar-refractivity contribution is 9.10. The fraction of sp³-hybridized carbons (Fsp3) is 0. The Morgan fingerprint density at radius 3 is 2.79 bits per heavy atom. The molecular formula is C8H4BrFN2O2. The normalized spacial score (nSPS) is 9.21. The molecule has 0 heterocycles. The maximum atomic E-state index is 13.0. The fourth-order valence-electron chi connectivity index (χ4n) is 0.811. The van der Waals surface area contributed by atoms with Crippen LogP contribution in [0.5, 0.6) is 5.75 Å². The second kappa shape index (κ2) is 4.07. The Bertz CT molecular complexity index is 428. The highest BCUT2D eigenvalue weighted by atomic mass is 79.9. The van der Waals surface area contributed by atoms with Crippen molar-refractivity contribution in [3.63, 3.8) is 0 Å². The summed E-state index contributed by atoms with van der Waals surface area (Å²) in [6, 6.07) is 3.93. The van der Waals surface area contributed by atoms with E-state index >= 15 is 0 Å². The summed E-state index contributed by atoms with van der Waals surface area (Å²) in [5.41, 5.74) is 4.79. The van der Waals surface area contributed by atoms with Crippen molar-refractivity contribution in [2.24, 2.45) is 5.73 Å². The topological polar surface area (TPSA) is 76.1 Å². The van der Waals surface area contributed by atoms with Crippen LogP contribution in [0.4, 0.5) is 9.18 Å². The smallest absolute Gasteiger partial charge is 0.409 e. The van der Waals surface area contributed by atoms with Gasteiger partial charge in [-0.2, -0.15) is 5.26 Å². The van der Waals surface area contributed by atoms with Crippen LogP contribution in [-0.2, 0) is 0 Å². The number of amides is 1. The number of carbonyl (C=O) groups is 1. The predicted octanol–water partition coefficient (Wildman–Crippen LogP) is 1.92. The van der Waals surface area contributed by atoms with Gasteiger partial charge in [-0.3, -0.25) is 0 Å². The molecule has 0 atom stereocenters.